The second kappa shape index (κ2) is 6.45. The number of rotatable bonds is 5. The summed E-state index contributed by atoms with van der Waals surface area (Å²) in [6.07, 6.45) is 0. The summed E-state index contributed by atoms with van der Waals surface area (Å²) in [5.74, 6) is 1.13. The van der Waals surface area contributed by atoms with Crippen molar-refractivity contribution in [2.45, 2.75) is 26.3 Å². The van der Waals surface area contributed by atoms with Crippen molar-refractivity contribution in [1.29, 1.82) is 0 Å². The van der Waals surface area contributed by atoms with Crippen LogP contribution in [0.25, 0.3) is 11.0 Å². The Morgan fingerprint density at radius 1 is 1.33 bits per heavy atom. The number of aromatic amines is 1. The van der Waals surface area contributed by atoms with Gasteiger partial charge in [0, 0.05) is 23.4 Å². The number of hydrogen-bond donors (Lipinski definition) is 2. The van der Waals surface area contributed by atoms with Crippen LogP contribution in [-0.2, 0) is 6.54 Å². The smallest absolute Gasteiger partial charge is 0.294 e. The van der Waals surface area contributed by atoms with Gasteiger partial charge in [-0.15, -0.1) is 5.10 Å². The Morgan fingerprint density at radius 2 is 2.08 bits per heavy atom. The van der Waals surface area contributed by atoms with E-state index in [2.05, 4.69) is 20.5 Å². The molecule has 0 aliphatic heterocycles. The molecule has 0 spiro atoms. The van der Waals surface area contributed by atoms with E-state index < -0.39 is 0 Å². The Hall–Kier alpha value is -2.67. The summed E-state index contributed by atoms with van der Waals surface area (Å²) in [5, 5.41) is 10.5. The molecule has 0 saturated heterocycles. The van der Waals surface area contributed by atoms with E-state index in [4.69, 9.17) is 4.42 Å². The number of benzene rings is 1. The lowest BCUT2D eigenvalue weighted by molar-refractivity contribution is 0.0995. The number of amides is 1. The molecule has 1 amide bonds. The Labute approximate surface area is 140 Å². The van der Waals surface area contributed by atoms with Gasteiger partial charge in [-0.2, -0.15) is 4.98 Å². The summed E-state index contributed by atoms with van der Waals surface area (Å²) in [4.78, 5) is 18.9. The SMILES string of the molecule is CC(C)c1nc(NC(=O)c2oc3ccccc3c2CN(C)C)n[nH]1. The minimum atomic E-state index is -0.350. The van der Waals surface area contributed by atoms with Crippen LogP contribution in [0.5, 0.6) is 0 Å². The third kappa shape index (κ3) is 3.16. The maximum absolute atomic E-state index is 12.6. The molecule has 7 nitrogen and oxygen atoms in total. The zero-order chi connectivity index (χ0) is 17.3. The monoisotopic (exact) mass is 327 g/mol. The predicted molar refractivity (Wildman–Crippen MR) is 92.0 cm³/mol. The van der Waals surface area contributed by atoms with E-state index in [1.54, 1.807) is 0 Å². The quantitative estimate of drug-likeness (QED) is 0.752. The molecule has 3 aromatic rings. The zero-order valence-electron chi connectivity index (χ0n) is 14.3. The summed E-state index contributed by atoms with van der Waals surface area (Å²) < 4.78 is 5.78. The number of aromatic nitrogens is 3. The first-order valence-corrected chi connectivity index (χ1v) is 7.84. The fourth-order valence-corrected chi connectivity index (χ4v) is 2.50. The normalized spacial score (nSPS) is 11.6. The van der Waals surface area contributed by atoms with Crippen LogP contribution in [0.1, 0.15) is 41.7 Å². The maximum Gasteiger partial charge on any atom is 0.294 e. The lowest BCUT2D eigenvalue weighted by Gasteiger charge is -2.09. The number of hydrogen-bond acceptors (Lipinski definition) is 5. The van der Waals surface area contributed by atoms with Crippen molar-refractivity contribution in [1.82, 2.24) is 20.1 Å². The van der Waals surface area contributed by atoms with E-state index in [9.17, 15) is 4.79 Å². The molecule has 126 valence electrons. The van der Waals surface area contributed by atoms with Crippen molar-refractivity contribution in [3.05, 3.63) is 41.4 Å². The molecule has 2 aromatic heterocycles. The van der Waals surface area contributed by atoms with E-state index >= 15 is 0 Å². The van der Waals surface area contributed by atoms with Crippen molar-refractivity contribution < 1.29 is 9.21 Å². The number of para-hydroxylation sites is 1. The van der Waals surface area contributed by atoms with Gasteiger partial charge in [0.1, 0.15) is 11.4 Å². The van der Waals surface area contributed by atoms with Gasteiger partial charge in [0.15, 0.2) is 5.76 Å². The second-order valence-corrected chi connectivity index (χ2v) is 6.30. The van der Waals surface area contributed by atoms with Crippen LogP contribution in [0.4, 0.5) is 5.95 Å². The zero-order valence-corrected chi connectivity index (χ0v) is 14.3. The second-order valence-electron chi connectivity index (χ2n) is 6.30. The van der Waals surface area contributed by atoms with Crippen molar-refractivity contribution in [2.75, 3.05) is 19.4 Å². The molecule has 0 fully saturated rings. The third-order valence-corrected chi connectivity index (χ3v) is 3.65. The summed E-state index contributed by atoms with van der Waals surface area (Å²) in [6, 6.07) is 7.63. The fraction of sp³-hybridized carbons (Fsp3) is 0.353. The van der Waals surface area contributed by atoms with E-state index in [1.807, 2.05) is 57.1 Å². The van der Waals surface area contributed by atoms with Crippen LogP contribution >= 0.6 is 0 Å². The van der Waals surface area contributed by atoms with E-state index in [0.717, 1.165) is 16.8 Å². The van der Waals surface area contributed by atoms with Gasteiger partial charge in [0.05, 0.1) is 0 Å². The highest BCUT2D eigenvalue weighted by molar-refractivity contribution is 6.05. The number of carbonyl (C=O) groups excluding carboxylic acids is 1. The molecule has 2 heterocycles. The molecule has 7 heteroatoms. The van der Waals surface area contributed by atoms with Crippen molar-refractivity contribution in [2.24, 2.45) is 0 Å². The van der Waals surface area contributed by atoms with E-state index in [-0.39, 0.29) is 17.8 Å². The molecule has 0 bridgehead atoms. The van der Waals surface area contributed by atoms with Crippen LogP contribution in [0.15, 0.2) is 28.7 Å². The van der Waals surface area contributed by atoms with Crippen LogP contribution in [-0.4, -0.2) is 40.1 Å². The first kappa shape index (κ1) is 16.2. The maximum atomic E-state index is 12.6. The number of nitrogens with zero attached hydrogens (tertiary/aromatic N) is 3. The molecule has 0 aliphatic carbocycles. The van der Waals surface area contributed by atoms with Gasteiger partial charge < -0.3 is 9.32 Å². The molecule has 0 unspecified atom stereocenters. The van der Waals surface area contributed by atoms with Crippen LogP contribution in [0, 0.1) is 0 Å². The molecule has 0 atom stereocenters. The van der Waals surface area contributed by atoms with Gasteiger partial charge in [-0.05, 0) is 20.2 Å². The van der Waals surface area contributed by atoms with Gasteiger partial charge in [0.25, 0.3) is 5.91 Å². The largest absolute Gasteiger partial charge is 0.451 e. The highest BCUT2D eigenvalue weighted by atomic mass is 16.3. The number of carbonyl (C=O) groups is 1. The highest BCUT2D eigenvalue weighted by Gasteiger charge is 2.22. The lowest BCUT2D eigenvalue weighted by atomic mass is 10.1. The van der Waals surface area contributed by atoms with Gasteiger partial charge in [-0.1, -0.05) is 32.0 Å². The molecule has 0 aliphatic rings. The number of nitrogens with one attached hydrogen (secondary N) is 2. The summed E-state index contributed by atoms with van der Waals surface area (Å²) >= 11 is 0. The van der Waals surface area contributed by atoms with E-state index in [1.165, 1.54) is 0 Å². The molecule has 3 rings (SSSR count). The van der Waals surface area contributed by atoms with Crippen molar-refractivity contribution >= 4 is 22.8 Å². The Morgan fingerprint density at radius 3 is 2.75 bits per heavy atom. The van der Waals surface area contributed by atoms with Gasteiger partial charge in [0.2, 0.25) is 5.95 Å². The summed E-state index contributed by atoms with van der Waals surface area (Å²) in [7, 11) is 3.90. The molecule has 0 radical (unpaired) electrons. The predicted octanol–water partition coefficient (Wildman–Crippen LogP) is 2.99. The first-order valence-electron chi connectivity index (χ1n) is 7.84. The fourth-order valence-electron chi connectivity index (χ4n) is 2.50. The standard InChI is InChI=1S/C17H21N5O2/c1-10(2)15-18-17(21-20-15)19-16(23)14-12(9-22(3)4)11-7-5-6-8-13(11)24-14/h5-8,10H,9H2,1-4H3,(H2,18,19,20,21,23). The Balaban J connectivity index is 1.93. The average molecular weight is 327 g/mol. The van der Waals surface area contributed by atoms with Crippen LogP contribution < -0.4 is 5.32 Å². The molecular weight excluding hydrogens is 306 g/mol. The number of fused-ring (bicyclic) bond motifs is 1. The summed E-state index contributed by atoms with van der Waals surface area (Å²) in [6.45, 7) is 4.60. The molecular formula is C17H21N5O2. The van der Waals surface area contributed by atoms with Gasteiger partial charge in [-0.3, -0.25) is 15.2 Å². The molecule has 1 aromatic carbocycles. The van der Waals surface area contributed by atoms with E-state index in [0.29, 0.717) is 17.9 Å². The topological polar surface area (TPSA) is 87.1 Å². The summed E-state index contributed by atoms with van der Waals surface area (Å²) in [5.41, 5.74) is 1.55. The average Bonchev–Trinajstić information content (AvgIpc) is 3.12. The van der Waals surface area contributed by atoms with Gasteiger partial charge >= 0.3 is 0 Å². The Kier molecular flexibility index (Phi) is 4.35. The number of furan rings is 1. The van der Waals surface area contributed by atoms with Crippen molar-refractivity contribution in [3.8, 4) is 0 Å². The Bertz CT molecular complexity index is 863. The number of H-pyrrole nitrogens is 1. The molecule has 24 heavy (non-hydrogen) atoms. The highest BCUT2D eigenvalue weighted by Crippen LogP contribution is 2.27. The minimum absolute atomic E-state index is 0.207. The molecule has 2 N–H and O–H groups in total. The number of anilines is 1. The molecule has 0 saturated carbocycles. The minimum Gasteiger partial charge on any atom is -0.451 e. The van der Waals surface area contributed by atoms with Gasteiger partial charge in [-0.25, -0.2) is 0 Å². The van der Waals surface area contributed by atoms with Crippen LogP contribution in [0.2, 0.25) is 0 Å². The third-order valence-electron chi connectivity index (χ3n) is 3.65. The first-order chi connectivity index (χ1) is 11.5. The van der Waals surface area contributed by atoms with Crippen molar-refractivity contribution in [3.63, 3.8) is 0 Å². The van der Waals surface area contributed by atoms with Crippen LogP contribution in [0.3, 0.4) is 0 Å². The lowest BCUT2D eigenvalue weighted by Crippen LogP contribution is -2.17.